The third-order valence-electron chi connectivity index (χ3n) is 3.96. The van der Waals surface area contributed by atoms with Crippen LogP contribution in [0.1, 0.15) is 22.8 Å². The fourth-order valence-corrected chi connectivity index (χ4v) is 3.36. The number of carbonyl (C=O) groups excluding carboxylic acids is 2. The molecule has 0 saturated carbocycles. The van der Waals surface area contributed by atoms with Crippen LogP contribution in [0, 0.1) is 0 Å². The van der Waals surface area contributed by atoms with E-state index in [0.717, 1.165) is 16.3 Å². The van der Waals surface area contributed by atoms with E-state index in [-0.39, 0.29) is 22.9 Å². The molecule has 144 valence electrons. The van der Waals surface area contributed by atoms with Crippen LogP contribution in [0.4, 0.5) is 5.69 Å². The number of hydrogen-bond donors (Lipinski definition) is 2. The quantitative estimate of drug-likeness (QED) is 0.756. The predicted molar refractivity (Wildman–Crippen MR) is 104 cm³/mol. The minimum absolute atomic E-state index is 0.0153. The lowest BCUT2D eigenvalue weighted by Gasteiger charge is -2.13. The predicted octanol–water partition coefficient (Wildman–Crippen LogP) is 1.87. The topological polar surface area (TPSA) is 95.6 Å². The van der Waals surface area contributed by atoms with Crippen molar-refractivity contribution >= 4 is 27.5 Å². The maximum atomic E-state index is 12.3. The molecule has 7 nitrogen and oxygen atoms in total. The Balaban J connectivity index is 2.03. The SMILES string of the molecule is CCc1ccccc1NC(=O)CNC(=O)c1cccc(S(=O)(=O)N(C)C)c1. The van der Waals surface area contributed by atoms with E-state index in [2.05, 4.69) is 10.6 Å². The second-order valence-corrected chi connectivity index (χ2v) is 8.21. The number of amides is 2. The van der Waals surface area contributed by atoms with Gasteiger partial charge in [-0.1, -0.05) is 31.2 Å². The third-order valence-corrected chi connectivity index (χ3v) is 5.77. The maximum Gasteiger partial charge on any atom is 0.251 e. The fourth-order valence-electron chi connectivity index (χ4n) is 2.42. The average molecular weight is 389 g/mol. The van der Waals surface area contributed by atoms with Crippen molar-refractivity contribution in [1.82, 2.24) is 9.62 Å². The molecular weight excluding hydrogens is 366 g/mol. The number of benzene rings is 2. The van der Waals surface area contributed by atoms with Crippen LogP contribution < -0.4 is 10.6 Å². The Bertz CT molecular complexity index is 939. The van der Waals surface area contributed by atoms with Crippen molar-refractivity contribution in [3.05, 3.63) is 59.7 Å². The summed E-state index contributed by atoms with van der Waals surface area (Å²) in [6.45, 7) is 1.77. The van der Waals surface area contributed by atoms with Gasteiger partial charge >= 0.3 is 0 Å². The fraction of sp³-hybridized carbons (Fsp3) is 0.263. The molecule has 0 bridgehead atoms. The number of para-hydroxylation sites is 1. The Hall–Kier alpha value is -2.71. The minimum atomic E-state index is -3.64. The van der Waals surface area contributed by atoms with Gasteiger partial charge < -0.3 is 10.6 Å². The largest absolute Gasteiger partial charge is 0.343 e. The summed E-state index contributed by atoms with van der Waals surface area (Å²) in [6, 6.07) is 13.1. The highest BCUT2D eigenvalue weighted by atomic mass is 32.2. The molecule has 2 aromatic rings. The second-order valence-electron chi connectivity index (χ2n) is 6.06. The number of nitrogens with zero attached hydrogens (tertiary/aromatic N) is 1. The summed E-state index contributed by atoms with van der Waals surface area (Å²) < 4.78 is 25.4. The molecule has 0 radical (unpaired) electrons. The molecule has 2 aromatic carbocycles. The zero-order valence-electron chi connectivity index (χ0n) is 15.5. The number of nitrogens with one attached hydrogen (secondary N) is 2. The Morgan fingerprint density at radius 1 is 1.04 bits per heavy atom. The van der Waals surface area contributed by atoms with Crippen molar-refractivity contribution in [2.75, 3.05) is 26.0 Å². The highest BCUT2D eigenvalue weighted by Gasteiger charge is 2.19. The molecule has 2 amide bonds. The molecule has 0 aliphatic carbocycles. The van der Waals surface area contributed by atoms with E-state index in [0.29, 0.717) is 5.69 Å². The number of rotatable bonds is 7. The van der Waals surface area contributed by atoms with E-state index in [4.69, 9.17) is 0 Å². The Labute approximate surface area is 159 Å². The van der Waals surface area contributed by atoms with Crippen LogP contribution in [-0.2, 0) is 21.2 Å². The number of anilines is 1. The number of carbonyl (C=O) groups is 2. The van der Waals surface area contributed by atoms with Crippen molar-refractivity contribution in [3.8, 4) is 0 Å². The lowest BCUT2D eigenvalue weighted by atomic mass is 10.1. The van der Waals surface area contributed by atoms with Crippen LogP contribution in [0.25, 0.3) is 0 Å². The van der Waals surface area contributed by atoms with Crippen molar-refractivity contribution in [1.29, 1.82) is 0 Å². The molecule has 0 aliphatic heterocycles. The Morgan fingerprint density at radius 3 is 2.41 bits per heavy atom. The second kappa shape index (κ2) is 8.79. The first-order valence-corrected chi connectivity index (χ1v) is 9.88. The molecule has 8 heteroatoms. The van der Waals surface area contributed by atoms with Gasteiger partial charge in [0.15, 0.2) is 0 Å². The van der Waals surface area contributed by atoms with Gasteiger partial charge in [-0.25, -0.2) is 12.7 Å². The molecule has 2 rings (SSSR count). The lowest BCUT2D eigenvalue weighted by molar-refractivity contribution is -0.115. The van der Waals surface area contributed by atoms with Gasteiger partial charge in [0, 0.05) is 25.3 Å². The van der Waals surface area contributed by atoms with Gasteiger partial charge in [0.2, 0.25) is 15.9 Å². The first-order chi connectivity index (χ1) is 12.8. The summed E-state index contributed by atoms with van der Waals surface area (Å²) in [5.41, 5.74) is 1.87. The Kier molecular flexibility index (Phi) is 6.70. The highest BCUT2D eigenvalue weighted by molar-refractivity contribution is 7.89. The molecular formula is C19H23N3O4S. The number of hydrogen-bond acceptors (Lipinski definition) is 4. The molecule has 0 spiro atoms. The highest BCUT2D eigenvalue weighted by Crippen LogP contribution is 2.16. The summed E-state index contributed by atoms with van der Waals surface area (Å²) in [5, 5.41) is 5.27. The van der Waals surface area contributed by atoms with Gasteiger partial charge in [0.1, 0.15) is 0 Å². The monoisotopic (exact) mass is 389 g/mol. The van der Waals surface area contributed by atoms with E-state index in [1.54, 1.807) is 6.07 Å². The van der Waals surface area contributed by atoms with Crippen molar-refractivity contribution in [2.24, 2.45) is 0 Å². The van der Waals surface area contributed by atoms with Gasteiger partial charge in [-0.05, 0) is 36.2 Å². The van der Waals surface area contributed by atoms with Crippen LogP contribution >= 0.6 is 0 Å². The van der Waals surface area contributed by atoms with E-state index in [1.165, 1.54) is 38.4 Å². The first kappa shape index (κ1) is 20.6. The molecule has 0 atom stereocenters. The summed E-state index contributed by atoms with van der Waals surface area (Å²) in [7, 11) is -0.804. The van der Waals surface area contributed by atoms with Crippen molar-refractivity contribution in [2.45, 2.75) is 18.2 Å². The number of aryl methyl sites for hydroxylation is 1. The van der Waals surface area contributed by atoms with Gasteiger partial charge in [0.05, 0.1) is 11.4 Å². The maximum absolute atomic E-state index is 12.3. The van der Waals surface area contributed by atoms with Gasteiger partial charge in [-0.15, -0.1) is 0 Å². The Morgan fingerprint density at radius 2 is 1.74 bits per heavy atom. The van der Waals surface area contributed by atoms with Crippen LogP contribution in [0.5, 0.6) is 0 Å². The summed E-state index contributed by atoms with van der Waals surface area (Å²) >= 11 is 0. The van der Waals surface area contributed by atoms with E-state index < -0.39 is 15.9 Å². The minimum Gasteiger partial charge on any atom is -0.343 e. The molecule has 0 saturated heterocycles. The zero-order valence-corrected chi connectivity index (χ0v) is 16.3. The molecule has 0 aromatic heterocycles. The van der Waals surface area contributed by atoms with E-state index in [9.17, 15) is 18.0 Å². The molecule has 0 unspecified atom stereocenters. The molecule has 0 aliphatic rings. The molecule has 27 heavy (non-hydrogen) atoms. The van der Waals surface area contributed by atoms with E-state index in [1.807, 2.05) is 25.1 Å². The average Bonchev–Trinajstić information content (AvgIpc) is 2.66. The smallest absolute Gasteiger partial charge is 0.251 e. The van der Waals surface area contributed by atoms with Crippen LogP contribution in [0.2, 0.25) is 0 Å². The standard InChI is InChI=1S/C19H23N3O4S/c1-4-14-8-5-6-11-17(14)21-18(23)13-20-19(24)15-9-7-10-16(12-15)27(25,26)22(2)3/h5-12H,4,13H2,1-3H3,(H,20,24)(H,21,23). The lowest BCUT2D eigenvalue weighted by Crippen LogP contribution is -2.33. The summed E-state index contributed by atoms with van der Waals surface area (Å²) in [4.78, 5) is 24.4. The molecule has 0 heterocycles. The summed E-state index contributed by atoms with van der Waals surface area (Å²) in [6.07, 6.45) is 0.774. The third kappa shape index (κ3) is 5.15. The first-order valence-electron chi connectivity index (χ1n) is 8.44. The van der Waals surface area contributed by atoms with Crippen LogP contribution in [0.15, 0.2) is 53.4 Å². The van der Waals surface area contributed by atoms with Gasteiger partial charge in [-0.2, -0.15) is 0 Å². The van der Waals surface area contributed by atoms with Gasteiger partial charge in [-0.3, -0.25) is 9.59 Å². The van der Waals surface area contributed by atoms with Crippen LogP contribution in [-0.4, -0.2) is 45.2 Å². The normalized spacial score (nSPS) is 11.3. The zero-order chi connectivity index (χ0) is 20.0. The molecule has 0 fully saturated rings. The van der Waals surface area contributed by atoms with Gasteiger partial charge in [0.25, 0.3) is 5.91 Å². The van der Waals surface area contributed by atoms with Crippen molar-refractivity contribution < 1.29 is 18.0 Å². The van der Waals surface area contributed by atoms with Crippen molar-refractivity contribution in [3.63, 3.8) is 0 Å². The molecule has 2 N–H and O–H groups in total. The summed E-state index contributed by atoms with van der Waals surface area (Å²) in [5.74, 6) is -0.883. The van der Waals surface area contributed by atoms with E-state index >= 15 is 0 Å². The number of sulfonamides is 1. The van der Waals surface area contributed by atoms with Crippen LogP contribution in [0.3, 0.4) is 0 Å².